The molecule has 7 heteroatoms. The second-order valence-electron chi connectivity index (χ2n) is 11.7. The molecule has 2 bridgehead atoms. The maximum atomic E-state index is 13.4. The zero-order valence-corrected chi connectivity index (χ0v) is 22.4. The molecule has 2 heterocycles. The molecule has 1 saturated heterocycles. The summed E-state index contributed by atoms with van der Waals surface area (Å²) in [5.74, 6) is 0.729. The fourth-order valence-corrected chi connectivity index (χ4v) is 6.11. The van der Waals surface area contributed by atoms with Crippen LogP contribution in [-0.4, -0.2) is 40.4 Å². The summed E-state index contributed by atoms with van der Waals surface area (Å²) < 4.78 is 6.03. The average molecular weight is 513 g/mol. The summed E-state index contributed by atoms with van der Waals surface area (Å²) in [7, 11) is 0. The maximum absolute atomic E-state index is 13.4. The Bertz CT molecular complexity index is 1290. The molecule has 38 heavy (non-hydrogen) atoms. The third-order valence-corrected chi connectivity index (χ3v) is 7.77. The largest absolute Gasteiger partial charge is 0.474 e. The lowest BCUT2D eigenvalue weighted by Crippen LogP contribution is -2.52. The van der Waals surface area contributed by atoms with Crippen LogP contribution in [0.15, 0.2) is 54.9 Å². The maximum Gasteiger partial charge on any atom is 0.244 e. The van der Waals surface area contributed by atoms with Crippen LogP contribution in [0, 0.1) is 17.2 Å². The van der Waals surface area contributed by atoms with Crippen LogP contribution < -0.4 is 10.6 Å². The summed E-state index contributed by atoms with van der Waals surface area (Å²) in [4.78, 5) is 27.1. The predicted molar refractivity (Wildman–Crippen MR) is 147 cm³/mol. The van der Waals surface area contributed by atoms with Crippen molar-refractivity contribution in [3.05, 3.63) is 66.1 Å². The van der Waals surface area contributed by atoms with Crippen LogP contribution in [0.4, 0.5) is 5.69 Å². The molecule has 0 aromatic heterocycles. The van der Waals surface area contributed by atoms with Crippen molar-refractivity contribution in [1.29, 1.82) is 5.26 Å². The summed E-state index contributed by atoms with van der Waals surface area (Å²) in [5.41, 5.74) is 4.78. The Morgan fingerprint density at radius 2 is 1.92 bits per heavy atom. The van der Waals surface area contributed by atoms with Gasteiger partial charge in [0.25, 0.3) is 0 Å². The number of hydrogen-bond acceptors (Lipinski definition) is 5. The third-order valence-electron chi connectivity index (χ3n) is 7.77. The van der Waals surface area contributed by atoms with Crippen molar-refractivity contribution in [1.82, 2.24) is 10.2 Å². The number of carbonyl (C=O) groups is 2. The minimum absolute atomic E-state index is 0.0602. The number of nitrogens with zero attached hydrogens (tertiary/aromatic N) is 2. The number of hydrogen-bond donors (Lipinski definition) is 2. The van der Waals surface area contributed by atoms with Crippen molar-refractivity contribution >= 4 is 17.5 Å². The number of carbonyl (C=O) groups excluding carboxylic acids is 2. The Balaban J connectivity index is 1.24. The number of anilines is 1. The normalized spacial score (nSPS) is 22.7. The van der Waals surface area contributed by atoms with E-state index >= 15 is 0 Å². The van der Waals surface area contributed by atoms with Crippen LogP contribution in [-0.2, 0) is 27.2 Å². The minimum Gasteiger partial charge on any atom is -0.474 e. The van der Waals surface area contributed by atoms with Gasteiger partial charge < -0.3 is 20.3 Å². The van der Waals surface area contributed by atoms with Crippen molar-refractivity contribution in [2.45, 2.75) is 83.0 Å². The lowest BCUT2D eigenvalue weighted by atomic mass is 9.95. The number of nitrogens with one attached hydrogen (secondary N) is 2. The molecular weight excluding hydrogens is 476 g/mol. The molecule has 2 aliphatic heterocycles. The number of rotatable bonds is 7. The fourth-order valence-electron chi connectivity index (χ4n) is 6.11. The first-order chi connectivity index (χ1) is 18.1. The predicted octanol–water partition coefficient (Wildman–Crippen LogP) is 4.93. The smallest absolute Gasteiger partial charge is 0.244 e. The van der Waals surface area contributed by atoms with Crippen LogP contribution in [0.2, 0.25) is 0 Å². The van der Waals surface area contributed by atoms with E-state index in [4.69, 9.17) is 4.74 Å². The minimum atomic E-state index is -0.626. The highest BCUT2D eigenvalue weighted by Gasteiger charge is 2.50. The van der Waals surface area contributed by atoms with E-state index in [1.165, 1.54) is 0 Å². The van der Waals surface area contributed by atoms with Gasteiger partial charge in [0.15, 0.2) is 5.88 Å². The molecule has 198 valence electrons. The monoisotopic (exact) mass is 512 g/mol. The van der Waals surface area contributed by atoms with E-state index in [9.17, 15) is 14.9 Å². The van der Waals surface area contributed by atoms with E-state index in [1.54, 1.807) is 0 Å². The van der Waals surface area contributed by atoms with Crippen LogP contribution in [0.1, 0.15) is 57.6 Å². The van der Waals surface area contributed by atoms with E-state index < -0.39 is 11.6 Å². The van der Waals surface area contributed by atoms with Gasteiger partial charge in [0.05, 0.1) is 6.07 Å². The second kappa shape index (κ2) is 10.2. The molecule has 1 aliphatic carbocycles. The summed E-state index contributed by atoms with van der Waals surface area (Å²) in [6.07, 6.45) is 4.68. The Hall–Kier alpha value is -3.79. The topological polar surface area (TPSA) is 94.5 Å². The van der Waals surface area contributed by atoms with E-state index in [2.05, 4.69) is 29.3 Å². The zero-order chi connectivity index (χ0) is 27.0. The van der Waals surface area contributed by atoms with Crippen molar-refractivity contribution in [2.24, 2.45) is 5.92 Å². The lowest BCUT2D eigenvalue weighted by molar-refractivity contribution is -0.130. The molecule has 0 radical (unpaired) electrons. The Labute approximate surface area is 224 Å². The second-order valence-corrected chi connectivity index (χ2v) is 11.7. The Kier molecular flexibility index (Phi) is 6.92. The van der Waals surface area contributed by atoms with Crippen LogP contribution >= 0.6 is 0 Å². The number of nitriles is 1. The number of piperidine rings is 1. The van der Waals surface area contributed by atoms with Gasteiger partial charge in [-0.15, -0.1) is 0 Å². The van der Waals surface area contributed by atoms with Crippen molar-refractivity contribution in [3.63, 3.8) is 0 Å². The number of aryl methyl sites for hydroxylation is 1. The molecular formula is C31H36N4O3. The molecule has 0 unspecified atom stereocenters. The first-order valence-electron chi connectivity index (χ1n) is 13.5. The van der Waals surface area contributed by atoms with Gasteiger partial charge in [-0.1, -0.05) is 30.3 Å². The number of amides is 2. The third kappa shape index (κ3) is 5.40. The molecule has 1 saturated carbocycles. The van der Waals surface area contributed by atoms with Gasteiger partial charge in [-0.3, -0.25) is 9.59 Å². The van der Waals surface area contributed by atoms with Gasteiger partial charge in [-0.2, -0.15) is 5.26 Å². The summed E-state index contributed by atoms with van der Waals surface area (Å²) in [6.45, 7) is 10.1. The molecule has 7 nitrogen and oxygen atoms in total. The quantitative estimate of drug-likeness (QED) is 0.513. The Morgan fingerprint density at radius 3 is 2.63 bits per heavy atom. The number of fused-ring (bicyclic) bond motifs is 3. The summed E-state index contributed by atoms with van der Waals surface area (Å²) in [5, 5.41) is 15.8. The van der Waals surface area contributed by atoms with Gasteiger partial charge in [0.1, 0.15) is 17.7 Å². The van der Waals surface area contributed by atoms with Gasteiger partial charge in [-0.25, -0.2) is 0 Å². The molecule has 3 aliphatic rings. The zero-order valence-electron chi connectivity index (χ0n) is 22.4. The average Bonchev–Trinajstić information content (AvgIpc) is 3.49. The number of likely N-dealkylation sites (tertiary alicyclic amines) is 1. The van der Waals surface area contributed by atoms with Crippen LogP contribution in [0.5, 0.6) is 0 Å². The highest BCUT2D eigenvalue weighted by molar-refractivity contribution is 5.94. The summed E-state index contributed by atoms with van der Waals surface area (Å²) in [6, 6.07) is 15.8. The molecule has 4 atom stereocenters. The first-order valence-corrected chi connectivity index (χ1v) is 13.5. The lowest BCUT2D eigenvalue weighted by Gasteiger charge is -2.39. The van der Waals surface area contributed by atoms with Crippen molar-refractivity contribution in [2.75, 3.05) is 5.32 Å². The van der Waals surface area contributed by atoms with E-state index in [1.807, 2.05) is 62.1 Å². The van der Waals surface area contributed by atoms with Gasteiger partial charge in [0, 0.05) is 24.6 Å². The van der Waals surface area contributed by atoms with Crippen molar-refractivity contribution in [3.8, 4) is 17.2 Å². The SMILES string of the molecule is C=C(OC(C)(C)C)N1[C@@H]2CC[C@@H](C2)[C@H]1C(=O)N[C@H](C#N)Cc1ccc(-c2ccc3c(c2)CCC(=O)N3)cc1. The van der Waals surface area contributed by atoms with Gasteiger partial charge in [0.2, 0.25) is 11.8 Å². The Morgan fingerprint density at radius 1 is 1.18 bits per heavy atom. The molecule has 2 amide bonds. The first kappa shape index (κ1) is 25.8. The molecule has 0 spiro atoms. The van der Waals surface area contributed by atoms with Crippen molar-refractivity contribution < 1.29 is 14.3 Å². The van der Waals surface area contributed by atoms with Crippen LogP contribution in [0.25, 0.3) is 11.1 Å². The van der Waals surface area contributed by atoms with Gasteiger partial charge >= 0.3 is 0 Å². The molecule has 2 fully saturated rings. The highest BCUT2D eigenvalue weighted by atomic mass is 16.5. The number of ether oxygens (including phenoxy) is 1. The van der Waals surface area contributed by atoms with E-state index in [-0.39, 0.29) is 29.8 Å². The van der Waals surface area contributed by atoms with E-state index in [0.717, 1.165) is 53.6 Å². The molecule has 2 N–H and O–H groups in total. The fraction of sp³-hybridized carbons (Fsp3) is 0.452. The number of benzene rings is 2. The van der Waals surface area contributed by atoms with Crippen LogP contribution in [0.3, 0.4) is 0 Å². The van der Waals surface area contributed by atoms with E-state index in [0.29, 0.717) is 18.7 Å². The standard InChI is InChI=1S/C31H36N4O3/c1-19(38-31(2,3)4)35-26-12-9-24(17-26)29(35)30(37)33-25(18-32)15-20-5-7-21(8-6-20)22-10-13-27-23(16-22)11-14-28(36)34-27/h5-8,10,13,16,24-26,29H,1,9,11-12,14-15,17H2,2-4H3,(H,33,37)(H,34,36)/t24-,25-,26+,29-/m0/s1. The molecule has 2 aromatic carbocycles. The molecule has 5 rings (SSSR count). The summed E-state index contributed by atoms with van der Waals surface area (Å²) >= 11 is 0. The van der Waals surface area contributed by atoms with Gasteiger partial charge in [-0.05, 0) is 93.3 Å². The highest BCUT2D eigenvalue weighted by Crippen LogP contribution is 2.45. The molecule has 2 aromatic rings.